The van der Waals surface area contributed by atoms with Gasteiger partial charge in [0.05, 0.1) is 5.37 Å². The molecule has 4 heteroatoms. The summed E-state index contributed by atoms with van der Waals surface area (Å²) >= 11 is 0. The van der Waals surface area contributed by atoms with Crippen LogP contribution < -0.4 is 0 Å². The van der Waals surface area contributed by atoms with Gasteiger partial charge in [-0.2, -0.15) is 0 Å². The lowest BCUT2D eigenvalue weighted by Crippen LogP contribution is -2.31. The van der Waals surface area contributed by atoms with E-state index in [4.69, 9.17) is 0 Å². The van der Waals surface area contributed by atoms with Crippen molar-refractivity contribution in [1.82, 2.24) is 4.90 Å². The molecule has 1 aliphatic rings. The molecule has 0 spiro atoms. The molecule has 0 aromatic rings. The number of nitrogens with zero attached hydrogens (tertiary/aromatic N) is 1. The molecule has 1 saturated heterocycles. The molecule has 2 nitrogen and oxygen atoms in total. The van der Waals surface area contributed by atoms with Gasteiger partial charge in [-0.25, -0.2) is 0 Å². The number of aliphatic hydroxyl groups is 1. The molecule has 66 valence electrons. The summed E-state index contributed by atoms with van der Waals surface area (Å²) in [6.07, 6.45) is 0.914. The van der Waals surface area contributed by atoms with Crippen LogP contribution in [0.3, 0.4) is 0 Å². The third-order valence-electron chi connectivity index (χ3n) is 1.90. The van der Waals surface area contributed by atoms with Crippen LogP contribution in [0.5, 0.6) is 0 Å². The Bertz CT molecular complexity index is 119. The first-order valence-corrected chi connectivity index (χ1v) is 6.29. The van der Waals surface area contributed by atoms with Crippen molar-refractivity contribution in [2.24, 2.45) is 0 Å². The molecule has 0 aromatic heterocycles. The normalized spacial score (nSPS) is 31.6. The standard InChI is InChI=1S/C7H15NOS2/c1-3-8(4-2)6-5-7(9)11-10-6/h6-7,9H,3-5H2,1-2H3. The van der Waals surface area contributed by atoms with E-state index in [1.807, 2.05) is 0 Å². The molecule has 1 aliphatic heterocycles. The van der Waals surface area contributed by atoms with Crippen LogP contribution in [0.2, 0.25) is 0 Å². The van der Waals surface area contributed by atoms with Crippen molar-refractivity contribution in [2.45, 2.75) is 31.1 Å². The van der Waals surface area contributed by atoms with Crippen LogP contribution in [-0.4, -0.2) is 33.9 Å². The fourth-order valence-corrected chi connectivity index (χ4v) is 4.15. The van der Waals surface area contributed by atoms with Crippen LogP contribution in [0.25, 0.3) is 0 Å². The van der Waals surface area contributed by atoms with Crippen LogP contribution >= 0.6 is 21.6 Å². The minimum Gasteiger partial charge on any atom is -0.382 e. The highest BCUT2D eigenvalue weighted by molar-refractivity contribution is 8.77. The van der Waals surface area contributed by atoms with E-state index in [0.29, 0.717) is 5.37 Å². The molecule has 0 aliphatic carbocycles. The highest BCUT2D eigenvalue weighted by Crippen LogP contribution is 2.43. The van der Waals surface area contributed by atoms with Gasteiger partial charge in [0, 0.05) is 6.42 Å². The van der Waals surface area contributed by atoms with E-state index in [0.717, 1.165) is 19.5 Å². The van der Waals surface area contributed by atoms with Gasteiger partial charge < -0.3 is 5.11 Å². The Hall–Kier alpha value is 0.620. The summed E-state index contributed by atoms with van der Waals surface area (Å²) in [6.45, 7) is 6.50. The summed E-state index contributed by atoms with van der Waals surface area (Å²) in [5, 5.41) is 9.79. The Morgan fingerprint density at radius 2 is 2.00 bits per heavy atom. The fourth-order valence-electron chi connectivity index (χ4n) is 1.22. The number of hydrogen-bond donors (Lipinski definition) is 1. The highest BCUT2D eigenvalue weighted by atomic mass is 33.1. The van der Waals surface area contributed by atoms with Gasteiger partial charge in [0.1, 0.15) is 5.44 Å². The van der Waals surface area contributed by atoms with Crippen molar-refractivity contribution in [3.8, 4) is 0 Å². The zero-order valence-electron chi connectivity index (χ0n) is 6.99. The Morgan fingerprint density at radius 3 is 2.36 bits per heavy atom. The first-order valence-electron chi connectivity index (χ1n) is 4.02. The maximum absolute atomic E-state index is 9.25. The molecular weight excluding hydrogens is 178 g/mol. The van der Waals surface area contributed by atoms with Crippen LogP contribution in [0.1, 0.15) is 20.3 Å². The van der Waals surface area contributed by atoms with E-state index < -0.39 is 0 Å². The molecule has 2 unspecified atom stereocenters. The van der Waals surface area contributed by atoms with Crippen LogP contribution in [0, 0.1) is 0 Å². The van der Waals surface area contributed by atoms with Gasteiger partial charge in [-0.15, -0.1) is 0 Å². The first-order chi connectivity index (χ1) is 5.27. The van der Waals surface area contributed by atoms with Gasteiger partial charge in [-0.05, 0) is 13.1 Å². The maximum atomic E-state index is 9.25. The minimum atomic E-state index is -0.148. The predicted octanol–water partition coefficient (Wildman–Crippen LogP) is 1.76. The summed E-state index contributed by atoms with van der Waals surface area (Å²) < 4.78 is 0. The van der Waals surface area contributed by atoms with Crippen LogP contribution in [-0.2, 0) is 0 Å². The lowest BCUT2D eigenvalue weighted by atomic mass is 10.4. The largest absolute Gasteiger partial charge is 0.382 e. The average molecular weight is 193 g/mol. The lowest BCUT2D eigenvalue weighted by molar-refractivity contribution is 0.204. The quantitative estimate of drug-likeness (QED) is 0.690. The zero-order valence-corrected chi connectivity index (χ0v) is 8.62. The van der Waals surface area contributed by atoms with Gasteiger partial charge in [-0.1, -0.05) is 35.4 Å². The molecule has 1 heterocycles. The van der Waals surface area contributed by atoms with E-state index in [1.165, 1.54) is 0 Å². The Morgan fingerprint density at radius 1 is 1.36 bits per heavy atom. The van der Waals surface area contributed by atoms with Crippen LogP contribution in [0.15, 0.2) is 0 Å². The van der Waals surface area contributed by atoms with E-state index in [9.17, 15) is 5.11 Å². The molecule has 1 rings (SSSR count). The maximum Gasteiger partial charge on any atom is 0.112 e. The molecule has 1 fully saturated rings. The van der Waals surface area contributed by atoms with Crippen molar-refractivity contribution in [3.05, 3.63) is 0 Å². The van der Waals surface area contributed by atoms with E-state index in [2.05, 4.69) is 18.7 Å². The molecule has 0 radical (unpaired) electrons. The number of rotatable bonds is 3. The summed E-state index contributed by atoms with van der Waals surface area (Å²) in [5.74, 6) is 0. The molecule has 0 aromatic carbocycles. The number of aliphatic hydroxyl groups excluding tert-OH is 1. The lowest BCUT2D eigenvalue weighted by Gasteiger charge is -2.23. The smallest absolute Gasteiger partial charge is 0.112 e. The zero-order chi connectivity index (χ0) is 8.27. The minimum absolute atomic E-state index is 0.148. The Labute approximate surface area is 76.1 Å². The molecule has 2 atom stereocenters. The predicted molar refractivity (Wildman–Crippen MR) is 52.5 cm³/mol. The molecule has 0 saturated carbocycles. The van der Waals surface area contributed by atoms with E-state index in [-0.39, 0.29) is 5.44 Å². The third kappa shape index (κ3) is 2.54. The van der Waals surface area contributed by atoms with E-state index >= 15 is 0 Å². The Kier molecular flexibility index (Phi) is 4.06. The molecule has 11 heavy (non-hydrogen) atoms. The second-order valence-corrected chi connectivity index (χ2v) is 5.19. The van der Waals surface area contributed by atoms with Gasteiger partial charge in [0.15, 0.2) is 0 Å². The van der Waals surface area contributed by atoms with Crippen LogP contribution in [0.4, 0.5) is 0 Å². The molecular formula is C7H15NOS2. The second kappa shape index (κ2) is 4.60. The summed E-state index contributed by atoms with van der Waals surface area (Å²) in [4.78, 5) is 2.38. The molecule has 0 amide bonds. The molecule has 0 bridgehead atoms. The first kappa shape index (κ1) is 9.71. The Balaban J connectivity index is 2.34. The van der Waals surface area contributed by atoms with Gasteiger partial charge in [0.2, 0.25) is 0 Å². The van der Waals surface area contributed by atoms with Crippen molar-refractivity contribution < 1.29 is 5.11 Å². The average Bonchev–Trinajstić information content (AvgIpc) is 2.39. The summed E-state index contributed by atoms with van der Waals surface area (Å²) in [6, 6.07) is 0. The number of hydrogen-bond acceptors (Lipinski definition) is 4. The van der Waals surface area contributed by atoms with Crippen molar-refractivity contribution in [3.63, 3.8) is 0 Å². The fraction of sp³-hybridized carbons (Fsp3) is 1.00. The van der Waals surface area contributed by atoms with Crippen molar-refractivity contribution in [1.29, 1.82) is 0 Å². The topological polar surface area (TPSA) is 23.5 Å². The highest BCUT2D eigenvalue weighted by Gasteiger charge is 2.27. The summed E-state index contributed by atoms with van der Waals surface area (Å²) in [5.41, 5.74) is -0.148. The molecule has 1 N–H and O–H groups in total. The SMILES string of the molecule is CCN(CC)C1CC(O)SS1. The second-order valence-electron chi connectivity index (χ2n) is 2.56. The van der Waals surface area contributed by atoms with Gasteiger partial charge in [0.25, 0.3) is 0 Å². The van der Waals surface area contributed by atoms with Gasteiger partial charge in [-0.3, -0.25) is 4.90 Å². The van der Waals surface area contributed by atoms with Crippen molar-refractivity contribution >= 4 is 21.6 Å². The summed E-state index contributed by atoms with van der Waals surface area (Å²) in [7, 11) is 3.40. The van der Waals surface area contributed by atoms with E-state index in [1.54, 1.807) is 21.6 Å². The van der Waals surface area contributed by atoms with Crippen molar-refractivity contribution in [2.75, 3.05) is 13.1 Å². The third-order valence-corrected chi connectivity index (χ3v) is 4.81. The van der Waals surface area contributed by atoms with Gasteiger partial charge >= 0.3 is 0 Å². The monoisotopic (exact) mass is 193 g/mol.